The first-order chi connectivity index (χ1) is 16.5. The zero-order valence-electron chi connectivity index (χ0n) is 20.1. The van der Waals surface area contributed by atoms with Gasteiger partial charge in [0.25, 0.3) is 0 Å². The van der Waals surface area contributed by atoms with Gasteiger partial charge in [-0.05, 0) is 35.6 Å². The number of allylic oxidation sites excluding steroid dienone is 3. The first-order valence-corrected chi connectivity index (χ1v) is 13.0. The molecule has 1 heterocycles. The molecule has 2 rings (SSSR count). The fourth-order valence-corrected chi connectivity index (χ4v) is 5.06. The smallest absolute Gasteiger partial charge is 0.331 e. The molecule has 0 aromatic heterocycles. The third-order valence-corrected chi connectivity index (χ3v) is 7.45. The second-order valence-corrected chi connectivity index (χ2v) is 10.4. The minimum absolute atomic E-state index is 0.195. The number of nitrogens with zero attached hydrogens (tertiary/aromatic N) is 2. The van der Waals surface area contributed by atoms with Crippen molar-refractivity contribution in [1.82, 2.24) is 4.90 Å². The van der Waals surface area contributed by atoms with Gasteiger partial charge in [0.15, 0.2) is 0 Å². The van der Waals surface area contributed by atoms with Crippen LogP contribution >= 0.6 is 46.4 Å². The molecule has 1 aromatic rings. The van der Waals surface area contributed by atoms with Gasteiger partial charge in [0, 0.05) is 55.4 Å². The van der Waals surface area contributed by atoms with E-state index in [1.807, 2.05) is 25.7 Å². The molecular weight excluding hydrogens is 532 g/mol. The van der Waals surface area contributed by atoms with Crippen LogP contribution in [-0.4, -0.2) is 60.0 Å². The summed E-state index contributed by atoms with van der Waals surface area (Å²) in [5.74, 6) is -1.50. The molecule has 6 nitrogen and oxygen atoms in total. The van der Waals surface area contributed by atoms with Gasteiger partial charge in [-0.15, -0.1) is 0 Å². The molecule has 1 fully saturated rings. The summed E-state index contributed by atoms with van der Waals surface area (Å²) in [4.78, 5) is 16.2. The van der Waals surface area contributed by atoms with Crippen LogP contribution in [0.4, 0.5) is 5.69 Å². The number of benzene rings is 1. The summed E-state index contributed by atoms with van der Waals surface area (Å²) in [6, 6.07) is 3.56. The van der Waals surface area contributed by atoms with Crippen molar-refractivity contribution in [2.24, 2.45) is 17.6 Å². The second-order valence-electron chi connectivity index (χ2n) is 8.81. The van der Waals surface area contributed by atoms with Crippen LogP contribution in [-0.2, 0) is 4.79 Å². The maximum absolute atomic E-state index is 12.1. The zero-order valence-corrected chi connectivity index (χ0v) is 23.2. The number of nitrogens with two attached hydrogens (primary N) is 1. The minimum atomic E-state index is -0.989. The fraction of sp³-hybridized carbons (Fsp3) is 0.480. The lowest BCUT2D eigenvalue weighted by Crippen LogP contribution is -2.50. The molecule has 35 heavy (non-hydrogen) atoms. The number of aliphatic carboxylic acids is 1. The summed E-state index contributed by atoms with van der Waals surface area (Å²) in [5, 5.41) is 22.6. The molecule has 2 atom stereocenters. The summed E-state index contributed by atoms with van der Waals surface area (Å²) in [6.07, 6.45) is 4.56. The Balaban J connectivity index is 2.20. The fourth-order valence-electron chi connectivity index (χ4n) is 4.20. The van der Waals surface area contributed by atoms with Crippen LogP contribution in [0.5, 0.6) is 0 Å². The van der Waals surface area contributed by atoms with Crippen LogP contribution in [0.25, 0.3) is 0 Å². The summed E-state index contributed by atoms with van der Waals surface area (Å²) in [6.45, 7) is 8.37. The van der Waals surface area contributed by atoms with Crippen molar-refractivity contribution in [3.63, 3.8) is 0 Å². The number of rotatable bonds is 10. The molecule has 0 spiro atoms. The monoisotopic (exact) mass is 563 g/mol. The van der Waals surface area contributed by atoms with Crippen LogP contribution in [0, 0.1) is 11.8 Å². The molecule has 0 amide bonds. The number of aliphatic hydroxyl groups excluding tert-OH is 1. The molecule has 1 aromatic carbocycles. The molecule has 1 saturated heterocycles. The van der Waals surface area contributed by atoms with Gasteiger partial charge in [0.05, 0.1) is 15.1 Å². The van der Waals surface area contributed by atoms with Crippen molar-refractivity contribution in [3.05, 3.63) is 61.6 Å². The number of hydrogen-bond acceptors (Lipinski definition) is 5. The standard InChI is InChI=1S/C25H33Cl4N3O3/c1-15(2)23(25(34)35)19(16(3)11-17(26)5-4-6-30)14-22(33)32-9-7-31(8-10-32)18-12-20(27)24(29)21(28)13-18/h4-5,11-13,15-16,22,33H,6-10,14,30H2,1-3H3,(H,34,35)/b5-4-,17-11+,23-19+/t16-,22+/m1/s1. The summed E-state index contributed by atoms with van der Waals surface area (Å²) < 4.78 is 0. The lowest BCUT2D eigenvalue weighted by Gasteiger charge is -2.39. The van der Waals surface area contributed by atoms with E-state index in [1.165, 1.54) is 0 Å². The van der Waals surface area contributed by atoms with E-state index < -0.39 is 12.2 Å². The Morgan fingerprint density at radius 2 is 1.69 bits per heavy atom. The highest BCUT2D eigenvalue weighted by molar-refractivity contribution is 6.48. The van der Waals surface area contributed by atoms with Crippen molar-refractivity contribution >= 4 is 58.1 Å². The largest absolute Gasteiger partial charge is 0.478 e. The Morgan fingerprint density at radius 3 is 2.17 bits per heavy atom. The Labute approximate surface area is 227 Å². The highest BCUT2D eigenvalue weighted by Crippen LogP contribution is 2.35. The Morgan fingerprint density at radius 1 is 1.11 bits per heavy atom. The number of hydrogen-bond donors (Lipinski definition) is 3. The normalized spacial score (nSPS) is 18.2. The van der Waals surface area contributed by atoms with Crippen molar-refractivity contribution in [2.45, 2.75) is 33.4 Å². The lowest BCUT2D eigenvalue weighted by atomic mass is 9.86. The number of carbonyl (C=O) groups is 1. The van der Waals surface area contributed by atoms with Gasteiger partial charge in [0.1, 0.15) is 6.23 Å². The number of aliphatic hydroxyl groups is 1. The molecule has 10 heteroatoms. The van der Waals surface area contributed by atoms with Crippen LogP contribution < -0.4 is 10.6 Å². The van der Waals surface area contributed by atoms with Gasteiger partial charge < -0.3 is 20.8 Å². The van der Waals surface area contributed by atoms with E-state index in [1.54, 1.807) is 30.4 Å². The Bertz CT molecular complexity index is 963. The molecule has 194 valence electrons. The van der Waals surface area contributed by atoms with Gasteiger partial charge in [-0.3, -0.25) is 4.90 Å². The highest BCUT2D eigenvalue weighted by atomic mass is 35.5. The first kappa shape index (κ1) is 30.0. The second kappa shape index (κ2) is 13.9. The third-order valence-electron chi connectivity index (χ3n) is 6.00. The quantitative estimate of drug-likeness (QED) is 0.189. The first-order valence-electron chi connectivity index (χ1n) is 11.5. The summed E-state index contributed by atoms with van der Waals surface area (Å²) >= 11 is 24.7. The van der Waals surface area contributed by atoms with Gasteiger partial charge in [0.2, 0.25) is 0 Å². The van der Waals surface area contributed by atoms with Crippen molar-refractivity contribution < 1.29 is 15.0 Å². The van der Waals surface area contributed by atoms with E-state index >= 15 is 0 Å². The number of carboxylic acids is 1. The zero-order chi connectivity index (χ0) is 26.3. The van der Waals surface area contributed by atoms with E-state index in [0.717, 1.165) is 5.69 Å². The Kier molecular flexibility index (Phi) is 11.9. The predicted octanol–water partition coefficient (Wildman–Crippen LogP) is 5.79. The minimum Gasteiger partial charge on any atom is -0.478 e. The average Bonchev–Trinajstić information content (AvgIpc) is 2.79. The van der Waals surface area contributed by atoms with E-state index in [0.29, 0.717) is 64.0 Å². The lowest BCUT2D eigenvalue weighted by molar-refractivity contribution is -0.133. The number of carboxylic acid groups (broad SMARTS) is 1. The van der Waals surface area contributed by atoms with Gasteiger partial charge in [-0.1, -0.05) is 79.3 Å². The van der Waals surface area contributed by atoms with Crippen LogP contribution in [0.2, 0.25) is 15.1 Å². The van der Waals surface area contributed by atoms with E-state index in [9.17, 15) is 15.0 Å². The van der Waals surface area contributed by atoms with E-state index in [-0.39, 0.29) is 18.3 Å². The average molecular weight is 565 g/mol. The van der Waals surface area contributed by atoms with Crippen molar-refractivity contribution in [3.8, 4) is 0 Å². The van der Waals surface area contributed by atoms with Crippen molar-refractivity contribution in [1.29, 1.82) is 0 Å². The SMILES string of the molecule is CC(C)/C(C(=O)O)=C(/C[C@H](O)N1CCN(c2cc(Cl)c(Cl)c(Cl)c2)CC1)[C@H](C)/C=C(Cl)\C=C/CN. The van der Waals surface area contributed by atoms with E-state index in [2.05, 4.69) is 4.90 Å². The predicted molar refractivity (Wildman–Crippen MR) is 147 cm³/mol. The third kappa shape index (κ3) is 8.39. The van der Waals surface area contributed by atoms with Crippen LogP contribution in [0.15, 0.2) is 46.5 Å². The van der Waals surface area contributed by atoms with Gasteiger partial charge in [-0.2, -0.15) is 0 Å². The molecule has 1 aliphatic heterocycles. The summed E-state index contributed by atoms with van der Waals surface area (Å²) in [7, 11) is 0. The molecule has 0 radical (unpaired) electrons. The summed E-state index contributed by atoms with van der Waals surface area (Å²) in [5.41, 5.74) is 7.30. The number of anilines is 1. The topological polar surface area (TPSA) is 90.0 Å². The molecule has 0 saturated carbocycles. The number of piperazine rings is 1. The van der Waals surface area contributed by atoms with Crippen LogP contribution in [0.3, 0.4) is 0 Å². The van der Waals surface area contributed by atoms with Crippen molar-refractivity contribution in [2.75, 3.05) is 37.6 Å². The molecule has 1 aliphatic rings. The molecule has 0 bridgehead atoms. The molecule has 4 N–H and O–H groups in total. The maximum atomic E-state index is 12.1. The molecular formula is C25H33Cl4N3O3. The van der Waals surface area contributed by atoms with E-state index in [4.69, 9.17) is 52.1 Å². The highest BCUT2D eigenvalue weighted by Gasteiger charge is 2.28. The van der Waals surface area contributed by atoms with Gasteiger partial charge >= 0.3 is 5.97 Å². The molecule has 0 aliphatic carbocycles. The van der Waals surface area contributed by atoms with Crippen LogP contribution in [0.1, 0.15) is 27.2 Å². The maximum Gasteiger partial charge on any atom is 0.331 e. The molecule has 0 unspecified atom stereocenters. The Hall–Kier alpha value is -1.25. The number of halogens is 4. The van der Waals surface area contributed by atoms with Gasteiger partial charge in [-0.25, -0.2) is 4.79 Å².